The second-order valence-corrected chi connectivity index (χ2v) is 7.75. The fourth-order valence-corrected chi connectivity index (χ4v) is 4.52. The second-order valence-electron chi connectivity index (χ2n) is 6.72. The summed E-state index contributed by atoms with van der Waals surface area (Å²) in [5.74, 6) is 0.480. The fraction of sp³-hybridized carbons (Fsp3) is 0.389. The first-order valence-corrected chi connectivity index (χ1v) is 9.28. The van der Waals surface area contributed by atoms with Gasteiger partial charge in [-0.05, 0) is 43.0 Å². The molecule has 130 valence electrons. The smallest absolute Gasteiger partial charge is 0.280 e. The van der Waals surface area contributed by atoms with E-state index in [1.807, 2.05) is 24.3 Å². The number of carbonyl (C=O) groups excluding carboxylic acids is 2. The summed E-state index contributed by atoms with van der Waals surface area (Å²) in [5, 5.41) is 9.81. The molecular weight excluding hydrogens is 336 g/mol. The topological polar surface area (TPSA) is 83.1 Å². The molecule has 2 bridgehead atoms. The van der Waals surface area contributed by atoms with Gasteiger partial charge in [-0.3, -0.25) is 9.59 Å². The first-order valence-electron chi connectivity index (χ1n) is 8.46. The average molecular weight is 356 g/mol. The molecular formula is C18H20N4O2S. The van der Waals surface area contributed by atoms with Crippen molar-refractivity contribution in [2.45, 2.75) is 31.8 Å². The Hall–Kier alpha value is -2.25. The van der Waals surface area contributed by atoms with Gasteiger partial charge >= 0.3 is 0 Å². The average Bonchev–Trinajstić information content (AvgIpc) is 3.31. The Morgan fingerprint density at radius 1 is 1.32 bits per heavy atom. The predicted octanol–water partition coefficient (Wildman–Crippen LogP) is 2.25. The largest absolute Gasteiger partial charge is 0.346 e. The SMILES string of the molecule is CC(=O)Nc1cccc(-c2cnc(C(=O)NC3CC4CNC3C4)s2)c1. The van der Waals surface area contributed by atoms with E-state index in [1.165, 1.54) is 18.3 Å². The molecule has 2 amide bonds. The fourth-order valence-electron chi connectivity index (χ4n) is 3.71. The van der Waals surface area contributed by atoms with Crippen molar-refractivity contribution < 1.29 is 9.59 Å². The van der Waals surface area contributed by atoms with E-state index >= 15 is 0 Å². The Morgan fingerprint density at radius 2 is 2.20 bits per heavy atom. The maximum absolute atomic E-state index is 12.5. The molecule has 2 heterocycles. The standard InChI is InChI=1S/C18H20N4O2S/c1-10(23)21-13-4-2-3-12(7-13)16-9-20-18(25-16)17(24)22-15-6-11-5-14(15)19-8-11/h2-4,7,9,11,14-15,19H,5-6,8H2,1H3,(H,21,23)(H,22,24). The lowest BCUT2D eigenvalue weighted by Crippen LogP contribution is -2.47. The minimum atomic E-state index is -0.110. The molecule has 1 aromatic carbocycles. The summed E-state index contributed by atoms with van der Waals surface area (Å²) in [6, 6.07) is 8.16. The molecule has 1 saturated heterocycles. The molecule has 4 rings (SSSR count). The molecule has 3 atom stereocenters. The maximum atomic E-state index is 12.5. The van der Waals surface area contributed by atoms with Gasteiger partial charge in [-0.2, -0.15) is 0 Å². The third kappa shape index (κ3) is 3.43. The molecule has 1 aliphatic heterocycles. The van der Waals surface area contributed by atoms with Crippen molar-refractivity contribution in [1.82, 2.24) is 15.6 Å². The third-order valence-corrected chi connectivity index (χ3v) is 5.86. The van der Waals surface area contributed by atoms with Gasteiger partial charge in [0.15, 0.2) is 5.01 Å². The second kappa shape index (κ2) is 6.57. The third-order valence-electron chi connectivity index (χ3n) is 4.81. The van der Waals surface area contributed by atoms with Gasteiger partial charge in [-0.25, -0.2) is 4.98 Å². The molecule has 2 fully saturated rings. The molecule has 0 spiro atoms. The van der Waals surface area contributed by atoms with Crippen LogP contribution in [-0.2, 0) is 4.79 Å². The zero-order valence-corrected chi connectivity index (χ0v) is 14.7. The van der Waals surface area contributed by atoms with Crippen molar-refractivity contribution in [1.29, 1.82) is 0 Å². The number of rotatable bonds is 4. The molecule has 3 unspecified atom stereocenters. The summed E-state index contributed by atoms with van der Waals surface area (Å²) in [4.78, 5) is 28.9. The lowest BCUT2D eigenvalue weighted by molar-refractivity contribution is -0.114. The number of nitrogens with one attached hydrogen (secondary N) is 3. The zero-order chi connectivity index (χ0) is 17.4. The summed E-state index contributed by atoms with van der Waals surface area (Å²) < 4.78 is 0. The van der Waals surface area contributed by atoms with Crippen LogP contribution < -0.4 is 16.0 Å². The van der Waals surface area contributed by atoms with Crippen molar-refractivity contribution >= 4 is 28.8 Å². The van der Waals surface area contributed by atoms with Crippen LogP contribution in [0.15, 0.2) is 30.5 Å². The predicted molar refractivity (Wildman–Crippen MR) is 97.6 cm³/mol. The van der Waals surface area contributed by atoms with Gasteiger partial charge < -0.3 is 16.0 Å². The van der Waals surface area contributed by atoms with Crippen molar-refractivity contribution in [3.05, 3.63) is 35.5 Å². The summed E-state index contributed by atoms with van der Waals surface area (Å²) in [7, 11) is 0. The van der Waals surface area contributed by atoms with Crippen LogP contribution >= 0.6 is 11.3 Å². The molecule has 2 aliphatic rings. The van der Waals surface area contributed by atoms with E-state index in [2.05, 4.69) is 20.9 Å². The first-order chi connectivity index (χ1) is 12.1. The van der Waals surface area contributed by atoms with E-state index in [4.69, 9.17) is 0 Å². The molecule has 2 aromatic rings. The molecule has 3 N–H and O–H groups in total. The minimum absolute atomic E-state index is 0.103. The number of anilines is 1. The van der Waals surface area contributed by atoms with Crippen LogP contribution in [0, 0.1) is 5.92 Å². The van der Waals surface area contributed by atoms with Crippen LogP contribution in [0.4, 0.5) is 5.69 Å². The summed E-state index contributed by atoms with van der Waals surface area (Å²) in [5.41, 5.74) is 1.67. The molecule has 1 saturated carbocycles. The van der Waals surface area contributed by atoms with Crippen molar-refractivity contribution in [3.63, 3.8) is 0 Å². The summed E-state index contributed by atoms with van der Waals surface area (Å²) >= 11 is 1.37. The van der Waals surface area contributed by atoms with Crippen molar-refractivity contribution in [2.24, 2.45) is 5.92 Å². The summed E-state index contributed by atoms with van der Waals surface area (Å²) in [6.07, 6.45) is 3.93. The Bertz CT molecular complexity index is 819. The monoisotopic (exact) mass is 356 g/mol. The molecule has 25 heavy (non-hydrogen) atoms. The van der Waals surface area contributed by atoms with Gasteiger partial charge in [0.2, 0.25) is 5.91 Å². The Balaban J connectivity index is 1.46. The highest BCUT2D eigenvalue weighted by molar-refractivity contribution is 7.17. The first kappa shape index (κ1) is 16.2. The lowest BCUT2D eigenvalue weighted by Gasteiger charge is -2.23. The molecule has 6 nitrogen and oxygen atoms in total. The molecule has 1 aliphatic carbocycles. The quantitative estimate of drug-likeness (QED) is 0.785. The van der Waals surface area contributed by atoms with E-state index in [0.29, 0.717) is 17.0 Å². The normalized spacial score (nSPS) is 24.3. The Kier molecular flexibility index (Phi) is 4.27. The van der Waals surface area contributed by atoms with E-state index in [0.717, 1.165) is 35.5 Å². The van der Waals surface area contributed by atoms with Crippen LogP contribution in [0.2, 0.25) is 0 Å². The zero-order valence-electron chi connectivity index (χ0n) is 13.9. The lowest BCUT2D eigenvalue weighted by atomic mass is 10.1. The highest BCUT2D eigenvalue weighted by atomic mass is 32.1. The van der Waals surface area contributed by atoms with Gasteiger partial charge in [0.05, 0.1) is 4.88 Å². The molecule has 1 aromatic heterocycles. The van der Waals surface area contributed by atoms with E-state index in [-0.39, 0.29) is 17.9 Å². The van der Waals surface area contributed by atoms with Gasteiger partial charge in [0, 0.05) is 30.9 Å². The van der Waals surface area contributed by atoms with Gasteiger partial charge in [-0.1, -0.05) is 12.1 Å². The van der Waals surface area contributed by atoms with Gasteiger partial charge in [0.25, 0.3) is 5.91 Å². The number of carbonyl (C=O) groups is 2. The number of amides is 2. The van der Waals surface area contributed by atoms with Gasteiger partial charge in [-0.15, -0.1) is 11.3 Å². The Labute approximate surface area is 150 Å². The van der Waals surface area contributed by atoms with Crippen LogP contribution in [0.25, 0.3) is 10.4 Å². The van der Waals surface area contributed by atoms with E-state index in [9.17, 15) is 9.59 Å². The number of benzene rings is 1. The van der Waals surface area contributed by atoms with Gasteiger partial charge in [0.1, 0.15) is 0 Å². The number of hydrogen-bond acceptors (Lipinski definition) is 5. The highest BCUT2D eigenvalue weighted by Gasteiger charge is 2.40. The summed E-state index contributed by atoms with van der Waals surface area (Å²) in [6.45, 7) is 2.55. The maximum Gasteiger partial charge on any atom is 0.280 e. The van der Waals surface area contributed by atoms with Crippen LogP contribution in [0.5, 0.6) is 0 Å². The number of hydrogen-bond donors (Lipinski definition) is 3. The van der Waals surface area contributed by atoms with Crippen LogP contribution in [0.3, 0.4) is 0 Å². The van der Waals surface area contributed by atoms with Crippen molar-refractivity contribution in [3.8, 4) is 10.4 Å². The highest BCUT2D eigenvalue weighted by Crippen LogP contribution is 2.32. The number of aromatic nitrogens is 1. The number of fused-ring (bicyclic) bond motifs is 2. The molecule has 0 radical (unpaired) electrons. The van der Waals surface area contributed by atoms with E-state index in [1.54, 1.807) is 6.20 Å². The van der Waals surface area contributed by atoms with Crippen LogP contribution in [-0.4, -0.2) is 35.4 Å². The number of nitrogens with zero attached hydrogens (tertiary/aromatic N) is 1. The van der Waals surface area contributed by atoms with Crippen LogP contribution in [0.1, 0.15) is 29.6 Å². The number of thiazole rings is 1. The Morgan fingerprint density at radius 3 is 2.92 bits per heavy atom. The minimum Gasteiger partial charge on any atom is -0.346 e. The van der Waals surface area contributed by atoms with Crippen molar-refractivity contribution in [2.75, 3.05) is 11.9 Å². The molecule has 7 heteroatoms. The number of piperidine rings is 1. The van der Waals surface area contributed by atoms with E-state index < -0.39 is 0 Å².